The van der Waals surface area contributed by atoms with E-state index in [0.29, 0.717) is 25.9 Å². The summed E-state index contributed by atoms with van der Waals surface area (Å²) in [5.74, 6) is -1.09. The van der Waals surface area contributed by atoms with Crippen LogP contribution >= 0.6 is 0 Å². The molecule has 1 saturated carbocycles. The lowest BCUT2D eigenvalue weighted by Crippen LogP contribution is -2.60. The van der Waals surface area contributed by atoms with Crippen LogP contribution in [0.5, 0.6) is 0 Å². The highest BCUT2D eigenvalue weighted by molar-refractivity contribution is 5.85. The number of ether oxygens (including phenoxy) is 2. The van der Waals surface area contributed by atoms with Gasteiger partial charge in [0.05, 0.1) is 12.7 Å². The van der Waals surface area contributed by atoms with Crippen LogP contribution in [-0.4, -0.2) is 34.4 Å². The van der Waals surface area contributed by atoms with Crippen molar-refractivity contribution in [3.8, 4) is 0 Å². The van der Waals surface area contributed by atoms with Gasteiger partial charge in [0.1, 0.15) is 5.60 Å². The minimum atomic E-state index is -1.45. The Morgan fingerprint density at radius 2 is 1.96 bits per heavy atom. The molecule has 1 fully saturated rings. The highest BCUT2D eigenvalue weighted by Gasteiger charge is 2.52. The average Bonchev–Trinajstić information content (AvgIpc) is 2.88. The number of hydrogen-bond acceptors (Lipinski definition) is 4. The molecule has 2 N–H and O–H groups in total. The molecule has 0 radical (unpaired) electrons. The van der Waals surface area contributed by atoms with E-state index in [-0.39, 0.29) is 0 Å². The summed E-state index contributed by atoms with van der Waals surface area (Å²) in [4.78, 5) is 24.0. The third kappa shape index (κ3) is 4.47. The summed E-state index contributed by atoms with van der Waals surface area (Å²) >= 11 is 0. The fourth-order valence-corrected chi connectivity index (χ4v) is 2.90. The molecule has 0 aliphatic heterocycles. The van der Waals surface area contributed by atoms with Crippen LogP contribution in [-0.2, 0) is 20.9 Å². The van der Waals surface area contributed by atoms with Gasteiger partial charge < -0.3 is 19.9 Å². The standard InChI is InChI=1S/C18H25NO5/c1-17(2,3)24-16(22)19-18(15(20)21)11-7-10-14(18)23-12-13-8-5-4-6-9-13/h4-6,8-9,14H,7,10-12H2,1-3H3,(H,19,22)(H,20,21). The summed E-state index contributed by atoms with van der Waals surface area (Å²) in [6, 6.07) is 9.54. The van der Waals surface area contributed by atoms with E-state index in [4.69, 9.17) is 9.47 Å². The van der Waals surface area contributed by atoms with Gasteiger partial charge in [-0.15, -0.1) is 0 Å². The average molecular weight is 335 g/mol. The van der Waals surface area contributed by atoms with Crippen molar-refractivity contribution in [2.75, 3.05) is 0 Å². The number of carbonyl (C=O) groups excluding carboxylic acids is 1. The van der Waals surface area contributed by atoms with Gasteiger partial charge in [0, 0.05) is 0 Å². The van der Waals surface area contributed by atoms with Crippen molar-refractivity contribution in [1.82, 2.24) is 5.32 Å². The number of rotatable bonds is 5. The summed E-state index contributed by atoms with van der Waals surface area (Å²) in [6.45, 7) is 5.50. The molecule has 1 amide bonds. The topological polar surface area (TPSA) is 84.9 Å². The van der Waals surface area contributed by atoms with Crippen LogP contribution in [0.2, 0.25) is 0 Å². The molecule has 1 aliphatic carbocycles. The number of carboxylic acid groups (broad SMARTS) is 1. The molecule has 1 aromatic carbocycles. The number of nitrogens with one attached hydrogen (secondary N) is 1. The maximum absolute atomic E-state index is 12.1. The molecule has 0 heterocycles. The molecule has 132 valence electrons. The zero-order valence-corrected chi connectivity index (χ0v) is 14.4. The first-order valence-corrected chi connectivity index (χ1v) is 8.13. The Kier molecular flexibility index (Phi) is 5.49. The van der Waals surface area contributed by atoms with Crippen molar-refractivity contribution in [2.45, 2.75) is 63.9 Å². The predicted molar refractivity (Wildman–Crippen MR) is 88.6 cm³/mol. The molecule has 6 nitrogen and oxygen atoms in total. The SMILES string of the molecule is CC(C)(C)OC(=O)NC1(C(=O)O)CCCC1OCc1ccccc1. The van der Waals surface area contributed by atoms with Crippen molar-refractivity contribution >= 4 is 12.1 Å². The Morgan fingerprint density at radius 3 is 2.54 bits per heavy atom. The lowest BCUT2D eigenvalue weighted by molar-refractivity contribution is -0.151. The normalized spacial score (nSPS) is 23.7. The quantitative estimate of drug-likeness (QED) is 0.863. The van der Waals surface area contributed by atoms with Crippen LogP contribution in [0.3, 0.4) is 0 Å². The van der Waals surface area contributed by atoms with E-state index < -0.39 is 29.3 Å². The van der Waals surface area contributed by atoms with E-state index in [1.54, 1.807) is 20.8 Å². The Labute approximate surface area is 142 Å². The fourth-order valence-electron chi connectivity index (χ4n) is 2.90. The monoisotopic (exact) mass is 335 g/mol. The van der Waals surface area contributed by atoms with Crippen molar-refractivity contribution < 1.29 is 24.2 Å². The van der Waals surface area contributed by atoms with Gasteiger partial charge >= 0.3 is 12.1 Å². The second kappa shape index (κ2) is 7.21. The third-order valence-corrected chi connectivity index (χ3v) is 3.99. The molecule has 0 spiro atoms. The van der Waals surface area contributed by atoms with Gasteiger partial charge in [-0.2, -0.15) is 0 Å². The van der Waals surface area contributed by atoms with E-state index in [1.165, 1.54) is 0 Å². The smallest absolute Gasteiger partial charge is 0.408 e. The third-order valence-electron chi connectivity index (χ3n) is 3.99. The second-order valence-electron chi connectivity index (χ2n) is 7.08. The number of amides is 1. The molecular formula is C18H25NO5. The van der Waals surface area contributed by atoms with Crippen LogP contribution < -0.4 is 5.32 Å². The zero-order chi connectivity index (χ0) is 17.8. The van der Waals surface area contributed by atoms with Crippen LogP contribution in [0.4, 0.5) is 4.79 Å². The highest BCUT2D eigenvalue weighted by atomic mass is 16.6. The van der Waals surface area contributed by atoms with Crippen LogP contribution in [0.15, 0.2) is 30.3 Å². The molecule has 0 aromatic heterocycles. The van der Waals surface area contributed by atoms with Gasteiger partial charge in [0.15, 0.2) is 5.54 Å². The van der Waals surface area contributed by atoms with E-state index >= 15 is 0 Å². The summed E-state index contributed by atoms with van der Waals surface area (Å²) in [7, 11) is 0. The zero-order valence-electron chi connectivity index (χ0n) is 14.4. The van der Waals surface area contributed by atoms with E-state index in [1.807, 2.05) is 30.3 Å². The van der Waals surface area contributed by atoms with E-state index in [9.17, 15) is 14.7 Å². The van der Waals surface area contributed by atoms with Crippen LogP contribution in [0.25, 0.3) is 0 Å². The first-order valence-electron chi connectivity index (χ1n) is 8.13. The Hall–Kier alpha value is -2.08. The van der Waals surface area contributed by atoms with Crippen molar-refractivity contribution in [3.63, 3.8) is 0 Å². The Bertz CT molecular complexity index is 581. The molecule has 1 aromatic rings. The summed E-state index contributed by atoms with van der Waals surface area (Å²) < 4.78 is 11.1. The van der Waals surface area contributed by atoms with Gasteiger partial charge in [-0.25, -0.2) is 9.59 Å². The molecule has 2 rings (SSSR count). The molecule has 1 aliphatic rings. The van der Waals surface area contributed by atoms with Gasteiger partial charge in [-0.3, -0.25) is 0 Å². The predicted octanol–water partition coefficient (Wildman–Crippen LogP) is 3.10. The summed E-state index contributed by atoms with van der Waals surface area (Å²) in [5, 5.41) is 12.3. The Morgan fingerprint density at radius 1 is 1.29 bits per heavy atom. The number of benzene rings is 1. The Balaban J connectivity index is 2.08. The molecule has 24 heavy (non-hydrogen) atoms. The molecule has 6 heteroatoms. The molecule has 0 bridgehead atoms. The minimum absolute atomic E-state index is 0.302. The molecule has 2 unspecified atom stereocenters. The van der Waals surface area contributed by atoms with Crippen LogP contribution in [0, 0.1) is 0 Å². The lowest BCUT2D eigenvalue weighted by atomic mass is 9.95. The largest absolute Gasteiger partial charge is 0.479 e. The maximum atomic E-state index is 12.1. The highest BCUT2D eigenvalue weighted by Crippen LogP contribution is 2.34. The van der Waals surface area contributed by atoms with Gasteiger partial charge in [0.25, 0.3) is 0 Å². The molecular weight excluding hydrogens is 310 g/mol. The van der Waals surface area contributed by atoms with E-state index in [2.05, 4.69) is 5.32 Å². The molecule has 2 atom stereocenters. The number of alkyl carbamates (subject to hydrolysis) is 1. The van der Waals surface area contributed by atoms with Crippen molar-refractivity contribution in [3.05, 3.63) is 35.9 Å². The van der Waals surface area contributed by atoms with Gasteiger partial charge in [-0.05, 0) is 45.6 Å². The number of carboxylic acids is 1. The first kappa shape index (κ1) is 18.3. The van der Waals surface area contributed by atoms with Gasteiger partial charge in [-0.1, -0.05) is 30.3 Å². The summed E-state index contributed by atoms with van der Waals surface area (Å²) in [6.07, 6.45) is 0.236. The number of hydrogen-bond donors (Lipinski definition) is 2. The van der Waals surface area contributed by atoms with Gasteiger partial charge in [0.2, 0.25) is 0 Å². The van der Waals surface area contributed by atoms with Crippen LogP contribution in [0.1, 0.15) is 45.6 Å². The first-order chi connectivity index (χ1) is 11.2. The molecule has 0 saturated heterocycles. The fraction of sp³-hybridized carbons (Fsp3) is 0.556. The number of carbonyl (C=O) groups is 2. The number of aliphatic carboxylic acids is 1. The second-order valence-corrected chi connectivity index (χ2v) is 7.08. The maximum Gasteiger partial charge on any atom is 0.408 e. The van der Waals surface area contributed by atoms with Crippen molar-refractivity contribution in [2.24, 2.45) is 0 Å². The van der Waals surface area contributed by atoms with E-state index in [0.717, 1.165) is 5.56 Å². The summed E-state index contributed by atoms with van der Waals surface area (Å²) in [5.41, 5.74) is -1.18. The minimum Gasteiger partial charge on any atom is -0.479 e. The lowest BCUT2D eigenvalue weighted by Gasteiger charge is -2.33. The van der Waals surface area contributed by atoms with Crippen molar-refractivity contribution in [1.29, 1.82) is 0 Å².